The predicted octanol–water partition coefficient (Wildman–Crippen LogP) is 3.38. The van der Waals surface area contributed by atoms with Gasteiger partial charge in [-0.15, -0.1) is 0 Å². The number of alkyl halides is 1. The number of halogens is 3. The van der Waals surface area contributed by atoms with Gasteiger partial charge in [-0.05, 0) is 12.1 Å². The van der Waals surface area contributed by atoms with Gasteiger partial charge in [0, 0.05) is 10.9 Å². The number of ether oxygens (including phenoxy) is 1. The lowest BCUT2D eigenvalue weighted by Gasteiger charge is -2.07. The molecule has 1 aromatic rings. The summed E-state index contributed by atoms with van der Waals surface area (Å²) in [6, 6.07) is 2.84. The second-order valence-corrected chi connectivity index (χ2v) is 3.11. The molecule has 0 aliphatic carbocycles. The van der Waals surface area contributed by atoms with E-state index in [0.29, 0.717) is 16.6 Å². The lowest BCUT2D eigenvalue weighted by Crippen LogP contribution is -1.92. The monoisotopic (exact) mass is 252 g/mol. The number of hydrogen-bond acceptors (Lipinski definition) is 1. The average molecular weight is 253 g/mol. The summed E-state index contributed by atoms with van der Waals surface area (Å²) in [7, 11) is 1.52. The SMILES string of the molecule is COc1ccc(F)c(Cl)c1CBr. The molecule has 0 saturated carbocycles. The van der Waals surface area contributed by atoms with E-state index in [-0.39, 0.29) is 5.02 Å². The van der Waals surface area contributed by atoms with Gasteiger partial charge < -0.3 is 4.74 Å². The molecule has 1 nitrogen and oxygen atoms in total. The van der Waals surface area contributed by atoms with E-state index in [9.17, 15) is 4.39 Å². The molecule has 0 heterocycles. The van der Waals surface area contributed by atoms with Gasteiger partial charge in [-0.2, -0.15) is 0 Å². The second kappa shape index (κ2) is 4.10. The Morgan fingerprint density at radius 3 is 2.75 bits per heavy atom. The number of rotatable bonds is 2. The molecule has 0 fully saturated rings. The minimum absolute atomic E-state index is 0.117. The largest absolute Gasteiger partial charge is 0.496 e. The van der Waals surface area contributed by atoms with Crippen LogP contribution in [0.15, 0.2) is 12.1 Å². The number of hydrogen-bond donors (Lipinski definition) is 0. The fourth-order valence-corrected chi connectivity index (χ4v) is 1.83. The van der Waals surface area contributed by atoms with Crippen LogP contribution in [0.1, 0.15) is 5.56 Å². The average Bonchev–Trinajstić information content (AvgIpc) is 2.09. The second-order valence-electron chi connectivity index (χ2n) is 2.18. The molecule has 0 atom stereocenters. The van der Waals surface area contributed by atoms with E-state index in [4.69, 9.17) is 16.3 Å². The highest BCUT2D eigenvalue weighted by Gasteiger charge is 2.10. The summed E-state index contributed by atoms with van der Waals surface area (Å²) in [5.74, 6) is 0.171. The molecule has 0 aromatic heterocycles. The molecule has 66 valence electrons. The van der Waals surface area contributed by atoms with Crippen LogP contribution in [-0.4, -0.2) is 7.11 Å². The van der Waals surface area contributed by atoms with E-state index in [1.54, 1.807) is 6.07 Å². The Balaban J connectivity index is 3.25. The van der Waals surface area contributed by atoms with E-state index in [0.717, 1.165) is 0 Å². The summed E-state index contributed by atoms with van der Waals surface area (Å²) in [5.41, 5.74) is 0.638. The van der Waals surface area contributed by atoms with Gasteiger partial charge in [-0.25, -0.2) is 4.39 Å². The van der Waals surface area contributed by atoms with Gasteiger partial charge in [0.15, 0.2) is 0 Å². The molecular weight excluding hydrogens is 246 g/mol. The fourth-order valence-electron chi connectivity index (χ4n) is 0.891. The van der Waals surface area contributed by atoms with Gasteiger partial charge >= 0.3 is 0 Å². The van der Waals surface area contributed by atoms with Crippen LogP contribution in [0.5, 0.6) is 5.75 Å². The minimum atomic E-state index is -0.424. The topological polar surface area (TPSA) is 9.23 Å². The van der Waals surface area contributed by atoms with Gasteiger partial charge in [0.1, 0.15) is 11.6 Å². The molecule has 0 unspecified atom stereocenters. The van der Waals surface area contributed by atoms with E-state index in [1.807, 2.05) is 0 Å². The van der Waals surface area contributed by atoms with Gasteiger partial charge in [0.2, 0.25) is 0 Å². The highest BCUT2D eigenvalue weighted by Crippen LogP contribution is 2.30. The van der Waals surface area contributed by atoms with Crippen molar-refractivity contribution in [2.24, 2.45) is 0 Å². The van der Waals surface area contributed by atoms with Crippen LogP contribution >= 0.6 is 27.5 Å². The molecule has 0 spiro atoms. The summed E-state index contributed by atoms with van der Waals surface area (Å²) in [5, 5.41) is 0.596. The smallest absolute Gasteiger partial charge is 0.142 e. The van der Waals surface area contributed by atoms with Crippen LogP contribution < -0.4 is 4.74 Å². The van der Waals surface area contributed by atoms with Crippen LogP contribution in [0, 0.1) is 5.82 Å². The fraction of sp³-hybridized carbons (Fsp3) is 0.250. The quantitative estimate of drug-likeness (QED) is 0.734. The van der Waals surface area contributed by atoms with Crippen molar-refractivity contribution in [2.45, 2.75) is 5.33 Å². The molecule has 4 heteroatoms. The Morgan fingerprint density at radius 2 is 2.25 bits per heavy atom. The summed E-state index contributed by atoms with van der Waals surface area (Å²) in [6.45, 7) is 0. The molecule has 0 aliphatic heterocycles. The molecule has 1 aromatic carbocycles. The van der Waals surface area contributed by atoms with Crippen LogP contribution in [-0.2, 0) is 5.33 Å². The lowest BCUT2D eigenvalue weighted by atomic mass is 10.2. The molecule has 0 aliphatic rings. The Morgan fingerprint density at radius 1 is 1.58 bits per heavy atom. The Labute approximate surface area is 83.6 Å². The van der Waals surface area contributed by atoms with E-state index in [1.165, 1.54) is 13.2 Å². The van der Waals surface area contributed by atoms with Gasteiger partial charge in [-0.3, -0.25) is 0 Å². The summed E-state index contributed by atoms with van der Waals surface area (Å²) in [4.78, 5) is 0. The summed E-state index contributed by atoms with van der Waals surface area (Å²) >= 11 is 8.90. The molecule has 1 rings (SSSR count). The Bertz CT molecular complexity index is 291. The predicted molar refractivity (Wildman–Crippen MR) is 50.6 cm³/mol. The molecular formula is C8H7BrClFO. The number of methoxy groups -OCH3 is 1. The first-order valence-corrected chi connectivity index (χ1v) is 4.77. The van der Waals surface area contributed by atoms with Crippen LogP contribution in [0.4, 0.5) is 4.39 Å². The van der Waals surface area contributed by atoms with Crippen molar-refractivity contribution in [3.8, 4) is 5.75 Å². The normalized spacial score (nSPS) is 10.0. The van der Waals surface area contributed by atoms with Crippen molar-refractivity contribution in [1.82, 2.24) is 0 Å². The van der Waals surface area contributed by atoms with Crippen LogP contribution in [0.25, 0.3) is 0 Å². The number of benzene rings is 1. The van der Waals surface area contributed by atoms with Crippen molar-refractivity contribution in [3.05, 3.63) is 28.5 Å². The molecule has 0 N–H and O–H groups in total. The third kappa shape index (κ3) is 1.72. The Kier molecular flexibility index (Phi) is 3.35. The first kappa shape index (κ1) is 9.81. The molecule has 0 bridgehead atoms. The Hall–Kier alpha value is -0.280. The highest BCUT2D eigenvalue weighted by molar-refractivity contribution is 9.08. The summed E-state index contributed by atoms with van der Waals surface area (Å²) in [6.07, 6.45) is 0. The maximum Gasteiger partial charge on any atom is 0.142 e. The third-order valence-electron chi connectivity index (χ3n) is 1.51. The maximum absolute atomic E-state index is 12.9. The van der Waals surface area contributed by atoms with Crippen LogP contribution in [0.3, 0.4) is 0 Å². The van der Waals surface area contributed by atoms with E-state index >= 15 is 0 Å². The molecule has 12 heavy (non-hydrogen) atoms. The van der Waals surface area contributed by atoms with Crippen LogP contribution in [0.2, 0.25) is 5.02 Å². The standard InChI is InChI=1S/C8H7BrClFO/c1-12-7-3-2-6(11)8(10)5(7)4-9/h2-3H,4H2,1H3. The van der Waals surface area contributed by atoms with Gasteiger partial charge in [0.05, 0.1) is 12.1 Å². The van der Waals surface area contributed by atoms with Gasteiger partial charge in [0.25, 0.3) is 0 Å². The molecule has 0 saturated heterocycles. The van der Waals surface area contributed by atoms with Crippen molar-refractivity contribution < 1.29 is 9.13 Å². The first-order chi connectivity index (χ1) is 5.70. The minimum Gasteiger partial charge on any atom is -0.496 e. The van der Waals surface area contributed by atoms with E-state index < -0.39 is 5.82 Å². The van der Waals surface area contributed by atoms with Crippen molar-refractivity contribution >= 4 is 27.5 Å². The zero-order valence-electron chi connectivity index (χ0n) is 6.40. The summed E-state index contributed by atoms with van der Waals surface area (Å²) < 4.78 is 17.9. The maximum atomic E-state index is 12.9. The molecule has 0 radical (unpaired) electrons. The van der Waals surface area contributed by atoms with Crippen molar-refractivity contribution in [1.29, 1.82) is 0 Å². The highest BCUT2D eigenvalue weighted by atomic mass is 79.9. The third-order valence-corrected chi connectivity index (χ3v) is 2.48. The van der Waals surface area contributed by atoms with E-state index in [2.05, 4.69) is 15.9 Å². The zero-order valence-corrected chi connectivity index (χ0v) is 8.75. The van der Waals surface area contributed by atoms with Crippen molar-refractivity contribution in [3.63, 3.8) is 0 Å². The lowest BCUT2D eigenvalue weighted by molar-refractivity contribution is 0.410. The zero-order chi connectivity index (χ0) is 9.14. The van der Waals surface area contributed by atoms with Crippen molar-refractivity contribution in [2.75, 3.05) is 7.11 Å². The molecule has 0 amide bonds. The first-order valence-electron chi connectivity index (χ1n) is 3.27. The van der Waals surface area contributed by atoms with Gasteiger partial charge in [-0.1, -0.05) is 27.5 Å².